The number of thiophene rings is 1. The van der Waals surface area contributed by atoms with Crippen LogP contribution in [0.2, 0.25) is 0 Å². The van der Waals surface area contributed by atoms with Gasteiger partial charge in [-0.1, -0.05) is 12.1 Å². The van der Waals surface area contributed by atoms with Crippen LogP contribution in [-0.4, -0.2) is 0 Å². The third kappa shape index (κ3) is 1.97. The summed E-state index contributed by atoms with van der Waals surface area (Å²) in [5, 5.41) is 3.70. The molecular weight excluding hydrogens is 230 g/mol. The Morgan fingerprint density at radius 1 is 1.25 bits per heavy atom. The van der Waals surface area contributed by atoms with Crippen LogP contribution in [0, 0.1) is 11.6 Å². The minimum atomic E-state index is -0.868. The Morgan fingerprint density at radius 2 is 2.06 bits per heavy atom. The Labute approximate surface area is 95.7 Å². The average molecular weight is 240 g/mol. The summed E-state index contributed by atoms with van der Waals surface area (Å²) in [5.41, 5.74) is 3.51. The van der Waals surface area contributed by atoms with Crippen molar-refractivity contribution in [2.45, 2.75) is 6.04 Å². The zero-order valence-corrected chi connectivity index (χ0v) is 9.10. The summed E-state index contributed by atoms with van der Waals surface area (Å²) in [5.74, 6) is 3.65. The van der Waals surface area contributed by atoms with Crippen molar-refractivity contribution in [1.82, 2.24) is 5.43 Å². The van der Waals surface area contributed by atoms with Gasteiger partial charge in [-0.05, 0) is 28.5 Å². The lowest BCUT2D eigenvalue weighted by Gasteiger charge is -2.15. The van der Waals surface area contributed by atoms with Gasteiger partial charge in [0.15, 0.2) is 11.6 Å². The van der Waals surface area contributed by atoms with E-state index in [1.807, 2.05) is 16.8 Å². The summed E-state index contributed by atoms with van der Waals surface area (Å²) >= 11 is 1.48. The van der Waals surface area contributed by atoms with E-state index < -0.39 is 17.7 Å². The number of halogens is 2. The summed E-state index contributed by atoms with van der Waals surface area (Å²) < 4.78 is 26.6. The highest BCUT2D eigenvalue weighted by molar-refractivity contribution is 7.08. The van der Waals surface area contributed by atoms with E-state index in [0.717, 1.165) is 11.6 Å². The first kappa shape index (κ1) is 11.2. The van der Waals surface area contributed by atoms with Crippen LogP contribution in [-0.2, 0) is 0 Å². The van der Waals surface area contributed by atoms with Crippen LogP contribution in [0.3, 0.4) is 0 Å². The normalized spacial score (nSPS) is 12.7. The molecule has 0 saturated heterocycles. The molecule has 3 N–H and O–H groups in total. The standard InChI is InChI=1S/C11H10F2N2S/c12-9-3-1-2-8(10(9)13)11(15-14)7-4-5-16-6-7/h1-6,11,15H,14H2. The molecule has 2 aromatic rings. The van der Waals surface area contributed by atoms with Gasteiger partial charge in [-0.3, -0.25) is 5.84 Å². The van der Waals surface area contributed by atoms with Crippen molar-refractivity contribution in [3.05, 3.63) is 57.8 Å². The van der Waals surface area contributed by atoms with Crippen molar-refractivity contribution in [3.63, 3.8) is 0 Å². The summed E-state index contributed by atoms with van der Waals surface area (Å²) in [6.07, 6.45) is 0. The number of hydrogen-bond donors (Lipinski definition) is 2. The van der Waals surface area contributed by atoms with Crippen molar-refractivity contribution >= 4 is 11.3 Å². The third-order valence-electron chi connectivity index (χ3n) is 2.34. The van der Waals surface area contributed by atoms with E-state index in [0.29, 0.717) is 0 Å². The quantitative estimate of drug-likeness (QED) is 0.639. The predicted molar refractivity (Wildman–Crippen MR) is 59.8 cm³/mol. The monoisotopic (exact) mass is 240 g/mol. The largest absolute Gasteiger partial charge is 0.271 e. The molecular formula is C11H10F2N2S. The van der Waals surface area contributed by atoms with Crippen molar-refractivity contribution in [1.29, 1.82) is 0 Å². The van der Waals surface area contributed by atoms with E-state index in [1.165, 1.54) is 23.5 Å². The minimum absolute atomic E-state index is 0.209. The van der Waals surface area contributed by atoms with Gasteiger partial charge in [0.05, 0.1) is 6.04 Å². The Balaban J connectivity index is 2.45. The predicted octanol–water partition coefficient (Wildman–Crippen LogP) is 2.58. The van der Waals surface area contributed by atoms with Gasteiger partial charge in [0.1, 0.15) is 0 Å². The highest BCUT2D eigenvalue weighted by Gasteiger charge is 2.18. The van der Waals surface area contributed by atoms with Crippen molar-refractivity contribution in [2.75, 3.05) is 0 Å². The second-order valence-electron chi connectivity index (χ2n) is 3.30. The van der Waals surface area contributed by atoms with Gasteiger partial charge in [0.25, 0.3) is 0 Å². The lowest BCUT2D eigenvalue weighted by atomic mass is 10.0. The fourth-order valence-electron chi connectivity index (χ4n) is 1.55. The van der Waals surface area contributed by atoms with Crippen LogP contribution < -0.4 is 11.3 Å². The second kappa shape index (κ2) is 4.69. The molecule has 1 aromatic heterocycles. The van der Waals surface area contributed by atoms with Crippen molar-refractivity contribution in [3.8, 4) is 0 Å². The van der Waals surface area contributed by atoms with Crippen LogP contribution in [0.1, 0.15) is 17.2 Å². The molecule has 0 aliphatic rings. The number of hydrazine groups is 1. The molecule has 1 heterocycles. The molecule has 0 bridgehead atoms. The molecule has 0 aliphatic carbocycles. The maximum atomic E-state index is 13.6. The van der Waals surface area contributed by atoms with Gasteiger partial charge >= 0.3 is 0 Å². The van der Waals surface area contributed by atoms with Gasteiger partial charge in [0, 0.05) is 5.56 Å². The first-order valence-electron chi connectivity index (χ1n) is 4.66. The molecule has 0 radical (unpaired) electrons. The molecule has 2 rings (SSSR count). The van der Waals surface area contributed by atoms with Gasteiger partial charge < -0.3 is 0 Å². The van der Waals surface area contributed by atoms with E-state index in [-0.39, 0.29) is 5.56 Å². The Morgan fingerprint density at radius 3 is 2.69 bits per heavy atom. The molecule has 0 aliphatic heterocycles. The summed E-state index contributed by atoms with van der Waals surface area (Å²) in [6.45, 7) is 0. The lowest BCUT2D eigenvalue weighted by molar-refractivity contribution is 0.483. The minimum Gasteiger partial charge on any atom is -0.271 e. The fourth-order valence-corrected chi connectivity index (χ4v) is 2.23. The molecule has 16 heavy (non-hydrogen) atoms. The molecule has 84 valence electrons. The fraction of sp³-hybridized carbons (Fsp3) is 0.0909. The third-order valence-corrected chi connectivity index (χ3v) is 3.04. The molecule has 1 atom stereocenters. The first-order chi connectivity index (χ1) is 7.74. The number of nitrogens with one attached hydrogen (secondary N) is 1. The van der Waals surface area contributed by atoms with Crippen LogP contribution in [0.15, 0.2) is 35.0 Å². The number of hydrogen-bond acceptors (Lipinski definition) is 3. The van der Waals surface area contributed by atoms with Gasteiger partial charge in [-0.2, -0.15) is 11.3 Å². The van der Waals surface area contributed by atoms with E-state index in [2.05, 4.69) is 5.43 Å². The Bertz CT molecular complexity index is 471. The van der Waals surface area contributed by atoms with Gasteiger partial charge in [-0.15, -0.1) is 0 Å². The van der Waals surface area contributed by atoms with Crippen molar-refractivity contribution in [2.24, 2.45) is 5.84 Å². The Kier molecular flexibility index (Phi) is 3.28. The van der Waals surface area contributed by atoms with E-state index in [1.54, 1.807) is 0 Å². The maximum absolute atomic E-state index is 13.6. The topological polar surface area (TPSA) is 38.0 Å². The molecule has 0 spiro atoms. The highest BCUT2D eigenvalue weighted by Crippen LogP contribution is 2.26. The smallest absolute Gasteiger partial charge is 0.163 e. The molecule has 1 unspecified atom stereocenters. The summed E-state index contributed by atoms with van der Waals surface area (Å²) in [7, 11) is 0. The van der Waals surface area contributed by atoms with E-state index in [4.69, 9.17) is 5.84 Å². The maximum Gasteiger partial charge on any atom is 0.163 e. The first-order valence-corrected chi connectivity index (χ1v) is 5.60. The van der Waals surface area contributed by atoms with E-state index in [9.17, 15) is 8.78 Å². The Hall–Kier alpha value is -1.30. The molecule has 0 amide bonds. The molecule has 0 fully saturated rings. The lowest BCUT2D eigenvalue weighted by Crippen LogP contribution is -2.29. The number of benzene rings is 1. The van der Waals surface area contributed by atoms with Gasteiger partial charge in [-0.25, -0.2) is 14.2 Å². The van der Waals surface area contributed by atoms with Crippen LogP contribution in [0.4, 0.5) is 8.78 Å². The molecule has 5 heteroatoms. The highest BCUT2D eigenvalue weighted by atomic mass is 32.1. The van der Waals surface area contributed by atoms with E-state index >= 15 is 0 Å². The number of rotatable bonds is 3. The SMILES string of the molecule is NNC(c1ccsc1)c1cccc(F)c1F. The van der Waals surface area contributed by atoms with Crippen LogP contribution in [0.5, 0.6) is 0 Å². The molecule has 0 saturated carbocycles. The van der Waals surface area contributed by atoms with Crippen LogP contribution in [0.25, 0.3) is 0 Å². The molecule has 1 aromatic carbocycles. The average Bonchev–Trinajstić information content (AvgIpc) is 2.79. The molecule has 2 nitrogen and oxygen atoms in total. The van der Waals surface area contributed by atoms with Crippen LogP contribution >= 0.6 is 11.3 Å². The second-order valence-corrected chi connectivity index (χ2v) is 4.08. The number of nitrogens with two attached hydrogens (primary N) is 1. The zero-order chi connectivity index (χ0) is 11.5. The van der Waals surface area contributed by atoms with Gasteiger partial charge in [0.2, 0.25) is 0 Å². The summed E-state index contributed by atoms with van der Waals surface area (Å²) in [4.78, 5) is 0. The zero-order valence-electron chi connectivity index (χ0n) is 8.28. The summed E-state index contributed by atoms with van der Waals surface area (Å²) in [6, 6.07) is 5.35. The van der Waals surface area contributed by atoms with Crippen molar-refractivity contribution < 1.29 is 8.78 Å².